The monoisotopic (exact) mass is 293 g/mol. The van der Waals surface area contributed by atoms with Crippen LogP contribution < -0.4 is 4.90 Å². The highest BCUT2D eigenvalue weighted by Gasteiger charge is 2.22. The maximum Gasteiger partial charge on any atom is 0.338 e. The van der Waals surface area contributed by atoms with Crippen molar-refractivity contribution in [3.63, 3.8) is 0 Å². The van der Waals surface area contributed by atoms with E-state index in [1.165, 1.54) is 31.0 Å². The second-order valence-corrected chi connectivity index (χ2v) is 6.20. The van der Waals surface area contributed by atoms with E-state index in [4.69, 9.17) is 0 Å². The van der Waals surface area contributed by atoms with Crippen LogP contribution >= 0.6 is 11.8 Å². The van der Waals surface area contributed by atoms with E-state index in [1.807, 2.05) is 24.5 Å². The van der Waals surface area contributed by atoms with E-state index < -0.39 is 5.97 Å². The third-order valence-electron chi connectivity index (χ3n) is 4.20. The summed E-state index contributed by atoms with van der Waals surface area (Å²) in [5, 5.41) is 9.54. The lowest BCUT2D eigenvalue weighted by atomic mass is 9.98. The Morgan fingerprint density at radius 1 is 1.40 bits per heavy atom. The maximum absolute atomic E-state index is 11.6. The fourth-order valence-electron chi connectivity index (χ4n) is 2.98. The van der Waals surface area contributed by atoms with Gasteiger partial charge in [-0.3, -0.25) is 0 Å². The molecule has 1 atom stereocenters. The average molecular weight is 293 g/mol. The number of rotatable bonds is 4. The number of thioether (sulfide) groups is 1. The van der Waals surface area contributed by atoms with E-state index in [-0.39, 0.29) is 0 Å². The van der Waals surface area contributed by atoms with E-state index in [9.17, 15) is 9.90 Å². The fourth-order valence-corrected chi connectivity index (χ4v) is 3.59. The number of carboxylic acid groups (broad SMARTS) is 1. The Hall–Kier alpha value is -1.16. The summed E-state index contributed by atoms with van der Waals surface area (Å²) in [4.78, 5) is 14.7. The number of aromatic carboxylic acids is 1. The fraction of sp³-hybridized carbons (Fsp3) is 0.562. The van der Waals surface area contributed by atoms with Gasteiger partial charge in [0, 0.05) is 18.0 Å². The Labute approximate surface area is 125 Å². The van der Waals surface area contributed by atoms with Crippen molar-refractivity contribution in [2.24, 2.45) is 5.92 Å². The molecule has 4 heteroatoms. The van der Waals surface area contributed by atoms with Crippen LogP contribution in [0.2, 0.25) is 0 Å². The Kier molecular flexibility index (Phi) is 5.35. The van der Waals surface area contributed by atoms with Crippen molar-refractivity contribution < 1.29 is 9.90 Å². The lowest BCUT2D eigenvalue weighted by Gasteiger charge is -2.25. The van der Waals surface area contributed by atoms with E-state index in [0.29, 0.717) is 5.56 Å². The van der Waals surface area contributed by atoms with Crippen LogP contribution in [0.5, 0.6) is 0 Å². The molecule has 110 valence electrons. The molecule has 0 spiro atoms. The summed E-state index contributed by atoms with van der Waals surface area (Å²) < 4.78 is 0. The molecule has 0 saturated carbocycles. The van der Waals surface area contributed by atoms with Crippen LogP contribution in [0, 0.1) is 5.92 Å². The summed E-state index contributed by atoms with van der Waals surface area (Å²) in [5.41, 5.74) is 1.36. The highest BCUT2D eigenvalue weighted by atomic mass is 32.2. The number of nitrogens with zero attached hydrogens (tertiary/aromatic N) is 1. The van der Waals surface area contributed by atoms with Gasteiger partial charge in [0.15, 0.2) is 0 Å². The standard InChI is InChI=1S/C16H23NO2S/c1-3-12-6-5-10-17(11-9-12)13-7-4-8-14(20-2)15(13)16(18)19/h4,7-8,12H,3,5-6,9-11H2,1-2H3,(H,18,19). The average Bonchev–Trinajstić information content (AvgIpc) is 2.71. The summed E-state index contributed by atoms with van der Waals surface area (Å²) >= 11 is 1.50. The smallest absolute Gasteiger partial charge is 0.338 e. The molecule has 1 aliphatic rings. The van der Waals surface area contributed by atoms with E-state index in [2.05, 4.69) is 11.8 Å². The Morgan fingerprint density at radius 3 is 2.85 bits per heavy atom. The normalized spacial score (nSPS) is 19.7. The van der Waals surface area contributed by atoms with Gasteiger partial charge in [-0.1, -0.05) is 19.4 Å². The Bertz CT molecular complexity index is 476. The summed E-state index contributed by atoms with van der Waals surface area (Å²) in [5.74, 6) is -0.0294. The van der Waals surface area contributed by atoms with Crippen LogP contribution in [-0.2, 0) is 0 Å². The quantitative estimate of drug-likeness (QED) is 0.848. The second kappa shape index (κ2) is 7.02. The van der Waals surface area contributed by atoms with E-state index in [0.717, 1.165) is 36.0 Å². The van der Waals surface area contributed by atoms with Crippen molar-refractivity contribution in [1.29, 1.82) is 0 Å². The van der Waals surface area contributed by atoms with Gasteiger partial charge in [0.05, 0.1) is 11.3 Å². The molecular weight excluding hydrogens is 270 g/mol. The molecule has 1 heterocycles. The third-order valence-corrected chi connectivity index (χ3v) is 4.98. The van der Waals surface area contributed by atoms with Crippen LogP contribution in [0.4, 0.5) is 5.69 Å². The zero-order valence-corrected chi connectivity index (χ0v) is 13.1. The molecule has 3 nitrogen and oxygen atoms in total. The zero-order valence-electron chi connectivity index (χ0n) is 12.3. The molecule has 1 unspecified atom stereocenters. The Balaban J connectivity index is 2.30. The minimum absolute atomic E-state index is 0.468. The second-order valence-electron chi connectivity index (χ2n) is 5.35. The zero-order chi connectivity index (χ0) is 14.5. The first-order chi connectivity index (χ1) is 9.67. The number of hydrogen-bond donors (Lipinski definition) is 1. The van der Waals surface area contributed by atoms with Gasteiger partial charge in [-0.15, -0.1) is 11.8 Å². The topological polar surface area (TPSA) is 40.5 Å². The Morgan fingerprint density at radius 2 is 2.20 bits per heavy atom. The summed E-state index contributed by atoms with van der Waals surface area (Å²) in [6.07, 6.45) is 6.74. The summed E-state index contributed by atoms with van der Waals surface area (Å²) in [6, 6.07) is 5.82. The van der Waals surface area contributed by atoms with Crippen molar-refractivity contribution in [2.75, 3.05) is 24.2 Å². The first-order valence-electron chi connectivity index (χ1n) is 7.32. The lowest BCUT2D eigenvalue weighted by Crippen LogP contribution is -2.26. The molecule has 1 fully saturated rings. The number of anilines is 1. The molecule has 20 heavy (non-hydrogen) atoms. The molecule has 1 aromatic rings. The largest absolute Gasteiger partial charge is 0.478 e. The summed E-state index contributed by atoms with van der Waals surface area (Å²) in [7, 11) is 0. The maximum atomic E-state index is 11.6. The highest BCUT2D eigenvalue weighted by molar-refractivity contribution is 7.98. The highest BCUT2D eigenvalue weighted by Crippen LogP contribution is 2.32. The number of carboxylic acids is 1. The minimum atomic E-state index is -0.818. The van der Waals surface area contributed by atoms with Gasteiger partial charge in [0.25, 0.3) is 0 Å². The van der Waals surface area contributed by atoms with Crippen LogP contribution in [0.3, 0.4) is 0 Å². The van der Waals surface area contributed by atoms with E-state index >= 15 is 0 Å². The van der Waals surface area contributed by atoms with Gasteiger partial charge in [0.2, 0.25) is 0 Å². The van der Waals surface area contributed by atoms with Crippen molar-refractivity contribution >= 4 is 23.4 Å². The molecule has 2 rings (SSSR count). The van der Waals surface area contributed by atoms with Gasteiger partial charge in [-0.25, -0.2) is 4.79 Å². The molecule has 1 saturated heterocycles. The molecule has 0 radical (unpaired) electrons. The molecule has 0 bridgehead atoms. The molecular formula is C16H23NO2S. The molecule has 1 N–H and O–H groups in total. The van der Waals surface area contributed by atoms with Crippen molar-refractivity contribution in [3.05, 3.63) is 23.8 Å². The summed E-state index contributed by atoms with van der Waals surface area (Å²) in [6.45, 7) is 4.18. The van der Waals surface area contributed by atoms with Crippen LogP contribution in [0.25, 0.3) is 0 Å². The van der Waals surface area contributed by atoms with Crippen molar-refractivity contribution in [3.8, 4) is 0 Å². The first-order valence-corrected chi connectivity index (χ1v) is 8.55. The SMILES string of the molecule is CCC1CCCN(c2cccc(SC)c2C(=O)O)CC1. The van der Waals surface area contributed by atoms with E-state index in [1.54, 1.807) is 0 Å². The van der Waals surface area contributed by atoms with Gasteiger partial charge in [-0.05, 0) is 43.6 Å². The molecule has 1 aliphatic heterocycles. The molecule has 0 aliphatic carbocycles. The molecule has 1 aromatic carbocycles. The molecule has 0 aromatic heterocycles. The number of hydrogen-bond acceptors (Lipinski definition) is 3. The van der Waals surface area contributed by atoms with Crippen LogP contribution in [0.15, 0.2) is 23.1 Å². The number of benzene rings is 1. The van der Waals surface area contributed by atoms with Gasteiger partial charge < -0.3 is 10.0 Å². The first kappa shape index (κ1) is 15.2. The van der Waals surface area contributed by atoms with Crippen LogP contribution in [0.1, 0.15) is 43.0 Å². The van der Waals surface area contributed by atoms with Crippen molar-refractivity contribution in [2.45, 2.75) is 37.5 Å². The lowest BCUT2D eigenvalue weighted by molar-refractivity contribution is 0.0694. The van der Waals surface area contributed by atoms with Crippen molar-refractivity contribution in [1.82, 2.24) is 0 Å². The van der Waals surface area contributed by atoms with Gasteiger partial charge >= 0.3 is 5.97 Å². The predicted octanol–water partition coefficient (Wildman–Crippen LogP) is 4.12. The number of carbonyl (C=O) groups is 1. The third kappa shape index (κ3) is 3.29. The predicted molar refractivity (Wildman–Crippen MR) is 85.0 cm³/mol. The van der Waals surface area contributed by atoms with Gasteiger partial charge in [0.1, 0.15) is 0 Å². The minimum Gasteiger partial charge on any atom is -0.478 e. The molecule has 0 amide bonds. The van der Waals surface area contributed by atoms with Crippen LogP contribution in [-0.4, -0.2) is 30.4 Å². The van der Waals surface area contributed by atoms with Gasteiger partial charge in [-0.2, -0.15) is 0 Å².